The van der Waals surface area contributed by atoms with Crippen LogP contribution in [0.5, 0.6) is 0 Å². The van der Waals surface area contributed by atoms with Crippen LogP contribution in [0.4, 0.5) is 0 Å². The van der Waals surface area contributed by atoms with Crippen molar-refractivity contribution in [3.8, 4) is 0 Å². The third-order valence-corrected chi connectivity index (χ3v) is 5.56. The van der Waals surface area contributed by atoms with E-state index < -0.39 is 0 Å². The molecule has 1 aromatic carbocycles. The fourth-order valence-electron chi connectivity index (χ4n) is 4.10. The SMILES string of the molecule is Cc1cccc(Cn2ccnc2CN(C(=O)c2ccco2)C2CCCCC2)c1. The first kappa shape index (κ1) is 18.5. The van der Waals surface area contributed by atoms with Crippen molar-refractivity contribution < 1.29 is 9.21 Å². The molecule has 5 heteroatoms. The van der Waals surface area contributed by atoms with E-state index in [1.165, 1.54) is 30.4 Å². The van der Waals surface area contributed by atoms with Gasteiger partial charge in [0.2, 0.25) is 0 Å². The zero-order chi connectivity index (χ0) is 19.3. The average molecular weight is 377 g/mol. The highest BCUT2D eigenvalue weighted by molar-refractivity contribution is 5.91. The summed E-state index contributed by atoms with van der Waals surface area (Å²) in [6, 6.07) is 12.3. The lowest BCUT2D eigenvalue weighted by atomic mass is 9.94. The van der Waals surface area contributed by atoms with Gasteiger partial charge in [-0.25, -0.2) is 4.98 Å². The number of furan rings is 1. The molecule has 0 radical (unpaired) electrons. The van der Waals surface area contributed by atoms with Gasteiger partial charge in [-0.05, 0) is 37.5 Å². The second kappa shape index (κ2) is 8.46. The second-order valence-corrected chi connectivity index (χ2v) is 7.66. The Morgan fingerprint density at radius 2 is 2.07 bits per heavy atom. The quantitative estimate of drug-likeness (QED) is 0.619. The Labute approximate surface area is 166 Å². The van der Waals surface area contributed by atoms with Crippen LogP contribution in [-0.4, -0.2) is 26.4 Å². The highest BCUT2D eigenvalue weighted by atomic mass is 16.3. The predicted octanol–water partition coefficient (Wildman–Crippen LogP) is 4.81. The Morgan fingerprint density at radius 1 is 1.21 bits per heavy atom. The molecule has 0 atom stereocenters. The molecule has 146 valence electrons. The third kappa shape index (κ3) is 4.19. The minimum absolute atomic E-state index is 0.0398. The average Bonchev–Trinajstić information content (AvgIpc) is 3.39. The molecular formula is C23H27N3O2. The van der Waals surface area contributed by atoms with E-state index in [4.69, 9.17) is 4.42 Å². The number of benzene rings is 1. The van der Waals surface area contributed by atoms with Crippen molar-refractivity contribution in [2.24, 2.45) is 0 Å². The lowest BCUT2D eigenvalue weighted by molar-refractivity contribution is 0.0572. The first-order valence-corrected chi connectivity index (χ1v) is 10.1. The molecule has 0 saturated heterocycles. The first-order valence-electron chi connectivity index (χ1n) is 10.1. The maximum atomic E-state index is 13.1. The van der Waals surface area contributed by atoms with Crippen LogP contribution in [0.25, 0.3) is 0 Å². The van der Waals surface area contributed by atoms with Gasteiger partial charge in [0.1, 0.15) is 5.82 Å². The number of amides is 1. The number of hydrogen-bond donors (Lipinski definition) is 0. The third-order valence-electron chi connectivity index (χ3n) is 5.56. The molecule has 0 aliphatic heterocycles. The summed E-state index contributed by atoms with van der Waals surface area (Å²) in [4.78, 5) is 19.7. The number of nitrogens with zero attached hydrogens (tertiary/aromatic N) is 3. The Bertz CT molecular complexity index is 908. The molecule has 2 heterocycles. The van der Waals surface area contributed by atoms with E-state index >= 15 is 0 Å². The summed E-state index contributed by atoms with van der Waals surface area (Å²) in [6.45, 7) is 3.36. The molecule has 28 heavy (non-hydrogen) atoms. The van der Waals surface area contributed by atoms with Crippen LogP contribution in [0.2, 0.25) is 0 Å². The van der Waals surface area contributed by atoms with Crippen LogP contribution in [-0.2, 0) is 13.1 Å². The molecule has 0 bridgehead atoms. The first-order chi connectivity index (χ1) is 13.7. The summed E-state index contributed by atoms with van der Waals surface area (Å²) >= 11 is 0. The van der Waals surface area contributed by atoms with Gasteiger partial charge in [-0.3, -0.25) is 4.79 Å². The van der Waals surface area contributed by atoms with E-state index in [-0.39, 0.29) is 11.9 Å². The summed E-state index contributed by atoms with van der Waals surface area (Å²) in [7, 11) is 0. The Balaban J connectivity index is 1.57. The summed E-state index contributed by atoms with van der Waals surface area (Å²) < 4.78 is 7.55. The molecule has 0 spiro atoms. The normalized spacial score (nSPS) is 14.9. The Hall–Kier alpha value is -2.82. The van der Waals surface area contributed by atoms with Crippen LogP contribution in [0.1, 0.15) is 59.6 Å². The van der Waals surface area contributed by atoms with Gasteiger partial charge in [-0.1, -0.05) is 49.1 Å². The molecular weight excluding hydrogens is 350 g/mol. The van der Waals surface area contributed by atoms with Gasteiger partial charge in [0.05, 0.1) is 12.8 Å². The smallest absolute Gasteiger partial charge is 0.290 e. The number of aryl methyl sites for hydroxylation is 1. The maximum Gasteiger partial charge on any atom is 0.290 e. The van der Waals surface area contributed by atoms with Gasteiger partial charge in [-0.15, -0.1) is 0 Å². The Morgan fingerprint density at radius 3 is 2.82 bits per heavy atom. The largest absolute Gasteiger partial charge is 0.459 e. The fourth-order valence-corrected chi connectivity index (χ4v) is 4.10. The van der Waals surface area contributed by atoms with Crippen LogP contribution in [0.3, 0.4) is 0 Å². The van der Waals surface area contributed by atoms with Gasteiger partial charge >= 0.3 is 0 Å². The zero-order valence-electron chi connectivity index (χ0n) is 16.4. The monoisotopic (exact) mass is 377 g/mol. The molecule has 0 N–H and O–H groups in total. The molecule has 1 fully saturated rings. The van der Waals surface area contributed by atoms with Gasteiger partial charge < -0.3 is 13.9 Å². The van der Waals surface area contributed by atoms with E-state index in [0.717, 1.165) is 25.2 Å². The molecule has 4 rings (SSSR count). The molecule has 0 unspecified atom stereocenters. The molecule has 2 aromatic heterocycles. The highest BCUT2D eigenvalue weighted by Gasteiger charge is 2.29. The van der Waals surface area contributed by atoms with Crippen LogP contribution in [0.15, 0.2) is 59.5 Å². The van der Waals surface area contributed by atoms with E-state index in [9.17, 15) is 4.79 Å². The van der Waals surface area contributed by atoms with Crippen molar-refractivity contribution in [3.05, 3.63) is 77.8 Å². The summed E-state index contributed by atoms with van der Waals surface area (Å²) in [5.74, 6) is 1.27. The van der Waals surface area contributed by atoms with Crippen molar-refractivity contribution in [3.63, 3.8) is 0 Å². The standard InChI is InChI=1S/C23H27N3O2/c1-18-7-5-8-19(15-18)16-25-13-12-24-22(25)17-26(20-9-3-2-4-10-20)23(27)21-11-6-14-28-21/h5-8,11-15,20H,2-4,9-10,16-17H2,1H3. The topological polar surface area (TPSA) is 51.3 Å². The zero-order valence-corrected chi connectivity index (χ0v) is 16.4. The number of imidazole rings is 1. The number of hydrogen-bond acceptors (Lipinski definition) is 3. The van der Waals surface area contributed by atoms with Crippen molar-refractivity contribution in [2.75, 3.05) is 0 Å². The van der Waals surface area contributed by atoms with E-state index in [1.54, 1.807) is 18.4 Å². The number of carbonyl (C=O) groups is 1. The van der Waals surface area contributed by atoms with E-state index in [2.05, 4.69) is 40.7 Å². The van der Waals surface area contributed by atoms with Gasteiger partial charge in [0.15, 0.2) is 5.76 Å². The molecule has 1 aliphatic carbocycles. The van der Waals surface area contributed by atoms with Crippen molar-refractivity contribution in [2.45, 2.75) is 58.2 Å². The van der Waals surface area contributed by atoms with Crippen LogP contribution >= 0.6 is 0 Å². The van der Waals surface area contributed by atoms with Gasteiger partial charge in [0, 0.05) is 25.0 Å². The van der Waals surface area contributed by atoms with E-state index in [0.29, 0.717) is 12.3 Å². The molecule has 1 saturated carbocycles. The highest BCUT2D eigenvalue weighted by Crippen LogP contribution is 2.26. The maximum absolute atomic E-state index is 13.1. The van der Waals surface area contributed by atoms with Gasteiger partial charge in [0.25, 0.3) is 5.91 Å². The van der Waals surface area contributed by atoms with Crippen molar-refractivity contribution in [1.82, 2.24) is 14.5 Å². The fraction of sp³-hybridized carbons (Fsp3) is 0.391. The van der Waals surface area contributed by atoms with Crippen molar-refractivity contribution in [1.29, 1.82) is 0 Å². The lowest BCUT2D eigenvalue weighted by Gasteiger charge is -2.33. The molecule has 1 aliphatic rings. The minimum atomic E-state index is -0.0398. The second-order valence-electron chi connectivity index (χ2n) is 7.66. The van der Waals surface area contributed by atoms with E-state index in [1.807, 2.05) is 17.3 Å². The molecule has 1 amide bonds. The predicted molar refractivity (Wildman–Crippen MR) is 108 cm³/mol. The Kier molecular flexibility index (Phi) is 5.60. The molecule has 5 nitrogen and oxygen atoms in total. The van der Waals surface area contributed by atoms with Gasteiger partial charge in [-0.2, -0.15) is 0 Å². The minimum Gasteiger partial charge on any atom is -0.459 e. The molecule has 3 aromatic rings. The number of carbonyl (C=O) groups excluding carboxylic acids is 1. The van der Waals surface area contributed by atoms with Crippen LogP contribution in [0, 0.1) is 6.92 Å². The summed E-state index contributed by atoms with van der Waals surface area (Å²) in [6.07, 6.45) is 11.1. The van der Waals surface area contributed by atoms with Crippen molar-refractivity contribution >= 4 is 5.91 Å². The lowest BCUT2D eigenvalue weighted by Crippen LogP contribution is -2.41. The summed E-state index contributed by atoms with van der Waals surface area (Å²) in [5.41, 5.74) is 2.48. The number of aromatic nitrogens is 2. The number of rotatable bonds is 6. The summed E-state index contributed by atoms with van der Waals surface area (Å²) in [5, 5.41) is 0. The van der Waals surface area contributed by atoms with Crippen LogP contribution < -0.4 is 0 Å².